The van der Waals surface area contributed by atoms with Gasteiger partial charge in [0.1, 0.15) is 11.8 Å². The van der Waals surface area contributed by atoms with Gasteiger partial charge in [0, 0.05) is 17.8 Å². The van der Waals surface area contributed by atoms with Crippen LogP contribution in [0.5, 0.6) is 0 Å². The predicted octanol–water partition coefficient (Wildman–Crippen LogP) is 1.53. The zero-order chi connectivity index (χ0) is 11.1. The Bertz CT molecular complexity index is 419. The van der Waals surface area contributed by atoms with Crippen molar-refractivity contribution in [2.24, 2.45) is 0 Å². The third-order valence-electron chi connectivity index (χ3n) is 1.63. The van der Waals surface area contributed by atoms with Crippen LogP contribution in [0.4, 0.5) is 0 Å². The van der Waals surface area contributed by atoms with E-state index in [0.29, 0.717) is 12.2 Å². The van der Waals surface area contributed by atoms with Crippen LogP contribution in [0.15, 0.2) is 24.4 Å². The molecule has 0 aliphatic rings. The Morgan fingerprint density at radius 3 is 3.20 bits per heavy atom. The Morgan fingerprint density at radius 1 is 1.73 bits per heavy atom. The van der Waals surface area contributed by atoms with Crippen LogP contribution in [0.25, 0.3) is 6.08 Å². The smallest absolute Gasteiger partial charge is 0.330 e. The molecule has 1 heterocycles. The van der Waals surface area contributed by atoms with E-state index >= 15 is 0 Å². The number of hydrogen-bond donors (Lipinski definition) is 0. The summed E-state index contributed by atoms with van der Waals surface area (Å²) >= 11 is 0. The molecule has 0 bridgehead atoms. The van der Waals surface area contributed by atoms with Crippen molar-refractivity contribution < 1.29 is 9.53 Å². The van der Waals surface area contributed by atoms with Gasteiger partial charge in [-0.25, -0.2) is 9.78 Å². The van der Waals surface area contributed by atoms with Crippen molar-refractivity contribution in [2.45, 2.75) is 6.92 Å². The number of esters is 1. The highest BCUT2D eigenvalue weighted by atomic mass is 16.5. The fourth-order valence-corrected chi connectivity index (χ4v) is 0.994. The van der Waals surface area contributed by atoms with E-state index in [4.69, 9.17) is 10.00 Å². The maximum absolute atomic E-state index is 11.0. The van der Waals surface area contributed by atoms with Gasteiger partial charge in [-0.2, -0.15) is 5.26 Å². The van der Waals surface area contributed by atoms with Crippen molar-refractivity contribution in [3.63, 3.8) is 0 Å². The second kappa shape index (κ2) is 5.55. The molecule has 0 amide bonds. The second-order valence-electron chi connectivity index (χ2n) is 2.64. The lowest BCUT2D eigenvalue weighted by Gasteiger charge is -1.96. The van der Waals surface area contributed by atoms with Gasteiger partial charge in [-0.1, -0.05) is 6.07 Å². The standard InChI is InChI=1S/C11H10N2O2/c1-2-15-11(14)6-5-9-4-3-7-13-10(9)8-12/h3-7H,2H2,1H3. The van der Waals surface area contributed by atoms with Gasteiger partial charge in [0.25, 0.3) is 0 Å². The molecule has 0 aromatic carbocycles. The minimum atomic E-state index is -0.426. The van der Waals surface area contributed by atoms with Crippen molar-refractivity contribution in [3.05, 3.63) is 35.7 Å². The fraction of sp³-hybridized carbons (Fsp3) is 0.182. The van der Waals surface area contributed by atoms with E-state index in [-0.39, 0.29) is 5.69 Å². The summed E-state index contributed by atoms with van der Waals surface area (Å²) in [4.78, 5) is 14.9. The van der Waals surface area contributed by atoms with Crippen LogP contribution in [0.1, 0.15) is 18.2 Å². The summed E-state index contributed by atoms with van der Waals surface area (Å²) in [5, 5.41) is 8.72. The maximum Gasteiger partial charge on any atom is 0.330 e. The Kier molecular flexibility index (Phi) is 4.05. The number of carbonyl (C=O) groups excluding carboxylic acids is 1. The quantitative estimate of drug-likeness (QED) is 0.550. The van der Waals surface area contributed by atoms with E-state index in [1.54, 1.807) is 19.1 Å². The van der Waals surface area contributed by atoms with E-state index in [0.717, 1.165) is 0 Å². The molecule has 4 nitrogen and oxygen atoms in total. The van der Waals surface area contributed by atoms with E-state index in [2.05, 4.69) is 4.98 Å². The molecular formula is C11H10N2O2. The molecule has 0 N–H and O–H groups in total. The molecule has 0 radical (unpaired) electrons. The van der Waals surface area contributed by atoms with E-state index in [1.165, 1.54) is 18.3 Å². The van der Waals surface area contributed by atoms with Gasteiger partial charge < -0.3 is 4.74 Å². The molecule has 1 rings (SSSR count). The summed E-state index contributed by atoms with van der Waals surface area (Å²) in [6.45, 7) is 2.07. The zero-order valence-electron chi connectivity index (χ0n) is 8.30. The van der Waals surface area contributed by atoms with E-state index < -0.39 is 5.97 Å². The summed E-state index contributed by atoms with van der Waals surface area (Å²) in [5.41, 5.74) is 0.895. The number of aromatic nitrogens is 1. The maximum atomic E-state index is 11.0. The number of rotatable bonds is 3. The predicted molar refractivity (Wildman–Crippen MR) is 54.6 cm³/mol. The zero-order valence-corrected chi connectivity index (χ0v) is 8.30. The molecule has 76 valence electrons. The summed E-state index contributed by atoms with van der Waals surface area (Å²) in [6.07, 6.45) is 4.32. The molecule has 0 saturated heterocycles. The summed E-state index contributed by atoms with van der Waals surface area (Å²) in [7, 11) is 0. The minimum Gasteiger partial charge on any atom is -0.463 e. The van der Waals surface area contributed by atoms with Gasteiger partial charge in [-0.15, -0.1) is 0 Å². The van der Waals surface area contributed by atoms with Gasteiger partial charge in [0.05, 0.1) is 6.61 Å². The van der Waals surface area contributed by atoms with Gasteiger partial charge in [-0.3, -0.25) is 0 Å². The molecule has 0 atom stereocenters. The molecule has 0 aliphatic heterocycles. The highest BCUT2D eigenvalue weighted by Crippen LogP contribution is 2.06. The Labute approximate surface area is 87.8 Å². The first-order valence-electron chi connectivity index (χ1n) is 4.48. The molecule has 0 spiro atoms. The summed E-state index contributed by atoms with van der Waals surface area (Å²) < 4.78 is 4.71. The van der Waals surface area contributed by atoms with Crippen LogP contribution in [-0.2, 0) is 9.53 Å². The first-order chi connectivity index (χ1) is 7.27. The summed E-state index contributed by atoms with van der Waals surface area (Å²) in [6, 6.07) is 5.35. The molecule has 1 aromatic rings. The first-order valence-corrected chi connectivity index (χ1v) is 4.48. The van der Waals surface area contributed by atoms with Crippen LogP contribution in [0.3, 0.4) is 0 Å². The molecule has 15 heavy (non-hydrogen) atoms. The number of carbonyl (C=O) groups is 1. The van der Waals surface area contributed by atoms with Gasteiger partial charge in [-0.05, 0) is 19.1 Å². The van der Waals surface area contributed by atoms with Gasteiger partial charge in [0.15, 0.2) is 0 Å². The van der Waals surface area contributed by atoms with Crippen molar-refractivity contribution >= 4 is 12.0 Å². The number of hydrogen-bond acceptors (Lipinski definition) is 4. The molecule has 0 unspecified atom stereocenters. The van der Waals surface area contributed by atoms with Crippen LogP contribution in [-0.4, -0.2) is 17.6 Å². The third-order valence-corrected chi connectivity index (χ3v) is 1.63. The molecule has 0 saturated carbocycles. The fourth-order valence-electron chi connectivity index (χ4n) is 0.994. The normalized spacial score (nSPS) is 9.87. The van der Waals surface area contributed by atoms with Crippen molar-refractivity contribution in [1.29, 1.82) is 5.26 Å². The van der Waals surface area contributed by atoms with Crippen LogP contribution in [0, 0.1) is 11.3 Å². The Morgan fingerprint density at radius 2 is 2.53 bits per heavy atom. The van der Waals surface area contributed by atoms with Crippen molar-refractivity contribution in [2.75, 3.05) is 6.61 Å². The Hall–Kier alpha value is -2.15. The summed E-state index contributed by atoms with van der Waals surface area (Å²) in [5.74, 6) is -0.426. The van der Waals surface area contributed by atoms with Gasteiger partial charge in [0.2, 0.25) is 0 Å². The SMILES string of the molecule is CCOC(=O)C=Cc1cccnc1C#N. The third kappa shape index (κ3) is 3.24. The molecular weight excluding hydrogens is 192 g/mol. The average Bonchev–Trinajstić information content (AvgIpc) is 2.27. The molecule has 0 aliphatic carbocycles. The number of ether oxygens (including phenoxy) is 1. The molecule has 4 heteroatoms. The van der Waals surface area contributed by atoms with Gasteiger partial charge >= 0.3 is 5.97 Å². The van der Waals surface area contributed by atoms with Crippen molar-refractivity contribution in [1.82, 2.24) is 4.98 Å². The van der Waals surface area contributed by atoms with E-state index in [9.17, 15) is 4.79 Å². The molecule has 1 aromatic heterocycles. The van der Waals surface area contributed by atoms with Crippen molar-refractivity contribution in [3.8, 4) is 6.07 Å². The largest absolute Gasteiger partial charge is 0.463 e. The minimum absolute atomic E-state index is 0.290. The van der Waals surface area contributed by atoms with Crippen LogP contribution in [0.2, 0.25) is 0 Å². The lowest BCUT2D eigenvalue weighted by Crippen LogP contribution is -1.98. The number of pyridine rings is 1. The van der Waals surface area contributed by atoms with Crippen LogP contribution >= 0.6 is 0 Å². The first kappa shape index (κ1) is 10.9. The lowest BCUT2D eigenvalue weighted by atomic mass is 10.2. The monoisotopic (exact) mass is 202 g/mol. The highest BCUT2D eigenvalue weighted by molar-refractivity contribution is 5.87. The highest BCUT2D eigenvalue weighted by Gasteiger charge is 1.99. The Balaban J connectivity index is 2.81. The lowest BCUT2D eigenvalue weighted by molar-refractivity contribution is -0.137. The van der Waals surface area contributed by atoms with Crippen LogP contribution < -0.4 is 0 Å². The second-order valence-corrected chi connectivity index (χ2v) is 2.64. The topological polar surface area (TPSA) is 63.0 Å². The number of nitrogens with zero attached hydrogens (tertiary/aromatic N) is 2. The average molecular weight is 202 g/mol. The van der Waals surface area contributed by atoms with E-state index in [1.807, 2.05) is 6.07 Å². The number of nitriles is 1. The molecule has 0 fully saturated rings.